The molecule has 0 bridgehead atoms. The highest BCUT2D eigenvalue weighted by atomic mass is 35.5. The molecule has 0 unspecified atom stereocenters. The predicted octanol–water partition coefficient (Wildman–Crippen LogP) is 3.08. The fraction of sp³-hybridized carbons (Fsp3) is 0.263. The number of nitrogens with two attached hydrogens (primary N) is 1. The molecule has 0 aliphatic carbocycles. The van der Waals surface area contributed by atoms with E-state index in [0.717, 1.165) is 5.56 Å². The minimum atomic E-state index is -0.375. The lowest BCUT2D eigenvalue weighted by Gasteiger charge is -2.16. The van der Waals surface area contributed by atoms with Crippen LogP contribution >= 0.6 is 11.6 Å². The Morgan fingerprint density at radius 2 is 2.11 bits per heavy atom. The summed E-state index contributed by atoms with van der Waals surface area (Å²) in [5.74, 6) is 0.0468. The minimum Gasteiger partial charge on any atom is -0.455 e. The topological polar surface area (TPSA) is 86.1 Å². The van der Waals surface area contributed by atoms with Crippen molar-refractivity contribution in [1.82, 2.24) is 15.1 Å². The summed E-state index contributed by atoms with van der Waals surface area (Å²) < 4.78 is 20.3. The maximum absolute atomic E-state index is 13.0. The molecule has 0 aliphatic rings. The third-order valence-corrected chi connectivity index (χ3v) is 4.58. The second-order valence-electron chi connectivity index (χ2n) is 6.28. The number of carbonyl (C=O) groups excluding carboxylic acids is 1. The van der Waals surface area contributed by atoms with Crippen molar-refractivity contribution in [2.45, 2.75) is 19.4 Å². The number of nitrogens with zero attached hydrogens (tertiary/aromatic N) is 2. The van der Waals surface area contributed by atoms with Gasteiger partial charge in [-0.1, -0.05) is 23.7 Å². The van der Waals surface area contributed by atoms with Gasteiger partial charge in [-0.15, -0.1) is 0 Å². The molecule has 0 fully saturated rings. The van der Waals surface area contributed by atoms with E-state index >= 15 is 0 Å². The molecule has 142 valence electrons. The molecule has 1 aromatic carbocycles. The summed E-state index contributed by atoms with van der Waals surface area (Å²) in [5, 5.41) is 7.43. The van der Waals surface area contributed by atoms with Crippen molar-refractivity contribution in [3.8, 4) is 11.3 Å². The Labute approximate surface area is 161 Å². The average molecular weight is 391 g/mol. The van der Waals surface area contributed by atoms with E-state index in [0.29, 0.717) is 28.5 Å². The van der Waals surface area contributed by atoms with Gasteiger partial charge < -0.3 is 15.5 Å². The van der Waals surface area contributed by atoms with Crippen LogP contribution in [0.25, 0.3) is 11.3 Å². The number of furan rings is 1. The third kappa shape index (κ3) is 4.20. The van der Waals surface area contributed by atoms with Crippen LogP contribution in [0.3, 0.4) is 0 Å². The molecule has 1 atom stereocenters. The van der Waals surface area contributed by atoms with Gasteiger partial charge in [0, 0.05) is 25.2 Å². The molecule has 2 aromatic heterocycles. The molecule has 8 heteroatoms. The number of hydrogen-bond donors (Lipinski definition) is 2. The van der Waals surface area contributed by atoms with Crippen LogP contribution in [0, 0.1) is 12.7 Å². The highest BCUT2D eigenvalue weighted by Gasteiger charge is 2.21. The van der Waals surface area contributed by atoms with E-state index in [1.54, 1.807) is 36.9 Å². The lowest BCUT2D eigenvalue weighted by Crippen LogP contribution is -2.41. The molecule has 0 saturated carbocycles. The first-order valence-corrected chi connectivity index (χ1v) is 8.80. The van der Waals surface area contributed by atoms with Crippen LogP contribution in [-0.4, -0.2) is 28.3 Å². The highest BCUT2D eigenvalue weighted by molar-refractivity contribution is 6.33. The van der Waals surface area contributed by atoms with E-state index in [2.05, 4.69) is 10.4 Å². The summed E-state index contributed by atoms with van der Waals surface area (Å²) in [7, 11) is 1.76. The normalized spacial score (nSPS) is 12.2. The molecule has 6 nitrogen and oxygen atoms in total. The molecular weight excluding hydrogens is 371 g/mol. The maximum atomic E-state index is 13.0. The van der Waals surface area contributed by atoms with Crippen LogP contribution in [0.4, 0.5) is 4.39 Å². The first kappa shape index (κ1) is 19.1. The van der Waals surface area contributed by atoms with E-state index in [1.807, 2.05) is 0 Å². The maximum Gasteiger partial charge on any atom is 0.287 e. The predicted molar refractivity (Wildman–Crippen MR) is 101 cm³/mol. The van der Waals surface area contributed by atoms with Gasteiger partial charge in [-0.05, 0) is 37.1 Å². The monoisotopic (exact) mass is 390 g/mol. The number of halogens is 2. The Morgan fingerprint density at radius 3 is 2.70 bits per heavy atom. The second-order valence-corrected chi connectivity index (χ2v) is 6.69. The lowest BCUT2D eigenvalue weighted by molar-refractivity contribution is 0.0908. The van der Waals surface area contributed by atoms with Crippen LogP contribution in [0.15, 0.2) is 40.9 Å². The lowest BCUT2D eigenvalue weighted by atomic mass is 10.1. The van der Waals surface area contributed by atoms with E-state index in [-0.39, 0.29) is 30.1 Å². The van der Waals surface area contributed by atoms with Gasteiger partial charge in [-0.25, -0.2) is 4.39 Å². The van der Waals surface area contributed by atoms with Crippen LogP contribution < -0.4 is 11.1 Å². The van der Waals surface area contributed by atoms with Crippen LogP contribution in [0.2, 0.25) is 5.02 Å². The molecule has 27 heavy (non-hydrogen) atoms. The second kappa shape index (κ2) is 7.94. The molecule has 3 N–H and O–H groups in total. The molecular formula is C19H20ClFN4O2. The molecule has 0 aliphatic heterocycles. The SMILES string of the molecule is Cc1oc(C(=O)N[C@H](CN)Cc2ccc(F)cc2)cc1-c1c(Cl)cnn1C. The summed E-state index contributed by atoms with van der Waals surface area (Å²) in [6.07, 6.45) is 2.03. The molecule has 0 radical (unpaired) electrons. The minimum absolute atomic E-state index is 0.164. The van der Waals surface area contributed by atoms with Gasteiger partial charge in [0.05, 0.1) is 16.9 Å². The number of benzene rings is 1. The first-order valence-electron chi connectivity index (χ1n) is 8.42. The summed E-state index contributed by atoms with van der Waals surface area (Å²) in [6.45, 7) is 2.00. The van der Waals surface area contributed by atoms with Gasteiger partial charge in [0.2, 0.25) is 0 Å². The Kier molecular flexibility index (Phi) is 5.62. The number of aryl methyl sites for hydroxylation is 2. The van der Waals surface area contributed by atoms with Crippen molar-refractivity contribution < 1.29 is 13.6 Å². The number of carbonyl (C=O) groups is 1. The van der Waals surface area contributed by atoms with Crippen molar-refractivity contribution in [3.63, 3.8) is 0 Å². The van der Waals surface area contributed by atoms with Crippen LogP contribution in [0.5, 0.6) is 0 Å². The van der Waals surface area contributed by atoms with Crippen molar-refractivity contribution >= 4 is 17.5 Å². The number of nitrogens with one attached hydrogen (secondary N) is 1. The van der Waals surface area contributed by atoms with Gasteiger partial charge in [0.25, 0.3) is 5.91 Å². The van der Waals surface area contributed by atoms with Crippen molar-refractivity contribution in [3.05, 3.63) is 64.5 Å². The number of amides is 1. The molecule has 2 heterocycles. The van der Waals surface area contributed by atoms with Crippen molar-refractivity contribution in [2.24, 2.45) is 12.8 Å². The Balaban J connectivity index is 1.75. The molecule has 0 spiro atoms. The smallest absolute Gasteiger partial charge is 0.287 e. The molecule has 1 amide bonds. The third-order valence-electron chi connectivity index (χ3n) is 4.31. The first-order chi connectivity index (χ1) is 12.9. The van der Waals surface area contributed by atoms with Crippen LogP contribution in [0.1, 0.15) is 21.9 Å². The highest BCUT2D eigenvalue weighted by Crippen LogP contribution is 2.31. The van der Waals surface area contributed by atoms with Crippen LogP contribution in [-0.2, 0) is 13.5 Å². The average Bonchev–Trinajstić information content (AvgIpc) is 3.18. The zero-order chi connectivity index (χ0) is 19.6. The van der Waals surface area contributed by atoms with E-state index < -0.39 is 0 Å². The fourth-order valence-corrected chi connectivity index (χ4v) is 3.17. The summed E-state index contributed by atoms with van der Waals surface area (Å²) in [6, 6.07) is 7.43. The summed E-state index contributed by atoms with van der Waals surface area (Å²) in [4.78, 5) is 12.6. The zero-order valence-corrected chi connectivity index (χ0v) is 15.8. The fourth-order valence-electron chi connectivity index (χ4n) is 2.90. The molecule has 3 rings (SSSR count). The quantitative estimate of drug-likeness (QED) is 0.677. The van der Waals surface area contributed by atoms with E-state index in [1.165, 1.54) is 18.3 Å². The Hall–Kier alpha value is -2.64. The standard InChI is InChI=1S/C19H20ClFN4O2/c1-11-15(18-16(20)10-23-25(18)2)8-17(27-11)19(26)24-14(9-22)7-12-3-5-13(21)6-4-12/h3-6,8,10,14H,7,9,22H2,1-2H3,(H,24,26)/t14-/m0/s1. The van der Waals surface area contributed by atoms with Crippen molar-refractivity contribution in [2.75, 3.05) is 6.54 Å². The van der Waals surface area contributed by atoms with E-state index in [9.17, 15) is 9.18 Å². The van der Waals surface area contributed by atoms with E-state index in [4.69, 9.17) is 21.8 Å². The van der Waals surface area contributed by atoms with Gasteiger partial charge in [0.15, 0.2) is 5.76 Å². The van der Waals surface area contributed by atoms with Gasteiger partial charge in [-0.2, -0.15) is 5.10 Å². The van der Waals surface area contributed by atoms with Gasteiger partial charge in [-0.3, -0.25) is 9.48 Å². The summed E-state index contributed by atoms with van der Waals surface area (Å²) in [5.41, 5.74) is 8.04. The summed E-state index contributed by atoms with van der Waals surface area (Å²) >= 11 is 6.18. The molecule has 0 saturated heterocycles. The Bertz CT molecular complexity index is 930. The van der Waals surface area contributed by atoms with Gasteiger partial charge >= 0.3 is 0 Å². The Morgan fingerprint density at radius 1 is 1.41 bits per heavy atom. The zero-order valence-electron chi connectivity index (χ0n) is 15.0. The largest absolute Gasteiger partial charge is 0.455 e. The number of rotatable bonds is 6. The van der Waals surface area contributed by atoms with Gasteiger partial charge in [0.1, 0.15) is 11.6 Å². The number of hydrogen-bond acceptors (Lipinski definition) is 4. The molecule has 3 aromatic rings. The van der Waals surface area contributed by atoms with Crippen molar-refractivity contribution in [1.29, 1.82) is 0 Å². The number of aromatic nitrogens is 2.